The molecule has 2 aromatic heterocycles. The number of halogens is 1. The number of ether oxygens (including phenoxy) is 1. The molecule has 1 aromatic carbocycles. The van der Waals surface area contributed by atoms with E-state index in [4.69, 9.17) is 4.74 Å². The fourth-order valence-electron chi connectivity index (χ4n) is 1.80. The Labute approximate surface area is 115 Å². The van der Waals surface area contributed by atoms with Crippen LogP contribution < -0.4 is 4.74 Å². The highest BCUT2D eigenvalue weighted by molar-refractivity contribution is 5.31. The lowest BCUT2D eigenvalue weighted by molar-refractivity contribution is 0.286. The average Bonchev–Trinajstić information content (AvgIpc) is 2.96. The van der Waals surface area contributed by atoms with Crippen LogP contribution in [0.15, 0.2) is 61.1 Å². The van der Waals surface area contributed by atoms with Crippen LogP contribution in [0.2, 0.25) is 0 Å². The molecule has 0 saturated carbocycles. The molecule has 0 fully saturated rings. The van der Waals surface area contributed by atoms with E-state index in [9.17, 15) is 4.39 Å². The molecule has 0 bridgehead atoms. The van der Waals surface area contributed by atoms with Crippen molar-refractivity contribution >= 4 is 0 Å². The highest BCUT2D eigenvalue weighted by atomic mass is 19.1. The van der Waals surface area contributed by atoms with Gasteiger partial charge in [-0.1, -0.05) is 18.2 Å². The van der Waals surface area contributed by atoms with E-state index in [0.717, 1.165) is 11.3 Å². The van der Waals surface area contributed by atoms with E-state index in [0.29, 0.717) is 0 Å². The molecule has 100 valence electrons. The van der Waals surface area contributed by atoms with Gasteiger partial charge < -0.3 is 4.74 Å². The Balaban J connectivity index is 1.71. The minimum atomic E-state index is -0.608. The van der Waals surface area contributed by atoms with Gasteiger partial charge in [0.2, 0.25) is 0 Å². The largest absolute Gasteiger partial charge is 0.484 e. The number of rotatable bonds is 4. The summed E-state index contributed by atoms with van der Waals surface area (Å²) in [4.78, 5) is 3.53. The Morgan fingerprint density at radius 3 is 2.75 bits per heavy atom. The standard InChI is InChI=1S/C15H12FN3O/c16-15-14(7-4-8-17-15)20-11-12-9-18-19(10-12)13-5-2-1-3-6-13/h1-10H,11H2. The Morgan fingerprint density at radius 1 is 1.10 bits per heavy atom. The van der Waals surface area contributed by atoms with Gasteiger partial charge in [0.1, 0.15) is 6.61 Å². The molecular formula is C15H12FN3O. The Kier molecular flexibility index (Phi) is 3.41. The third-order valence-electron chi connectivity index (χ3n) is 2.78. The first-order valence-electron chi connectivity index (χ1n) is 6.15. The molecule has 0 aliphatic rings. The summed E-state index contributed by atoms with van der Waals surface area (Å²) in [6, 6.07) is 12.9. The molecule has 0 amide bonds. The van der Waals surface area contributed by atoms with Gasteiger partial charge in [-0.05, 0) is 24.3 Å². The zero-order valence-electron chi connectivity index (χ0n) is 10.6. The molecule has 5 heteroatoms. The fraction of sp³-hybridized carbons (Fsp3) is 0.0667. The van der Waals surface area contributed by atoms with Crippen molar-refractivity contribution in [2.75, 3.05) is 0 Å². The molecule has 2 heterocycles. The summed E-state index contributed by atoms with van der Waals surface area (Å²) in [5, 5.41) is 4.25. The number of benzene rings is 1. The van der Waals surface area contributed by atoms with Crippen LogP contribution in [0.5, 0.6) is 5.75 Å². The van der Waals surface area contributed by atoms with Gasteiger partial charge in [0.25, 0.3) is 5.95 Å². The molecule has 0 unspecified atom stereocenters. The SMILES string of the molecule is Fc1ncccc1OCc1cnn(-c2ccccc2)c1. The van der Waals surface area contributed by atoms with E-state index in [1.165, 1.54) is 6.20 Å². The van der Waals surface area contributed by atoms with Crippen LogP contribution in [0.3, 0.4) is 0 Å². The fourth-order valence-corrected chi connectivity index (χ4v) is 1.80. The second-order valence-electron chi connectivity index (χ2n) is 4.21. The van der Waals surface area contributed by atoms with Crippen molar-refractivity contribution in [1.29, 1.82) is 0 Å². The first kappa shape index (κ1) is 12.3. The summed E-state index contributed by atoms with van der Waals surface area (Å²) in [6.07, 6.45) is 4.93. The van der Waals surface area contributed by atoms with Gasteiger partial charge >= 0.3 is 0 Å². The molecule has 0 aliphatic carbocycles. The van der Waals surface area contributed by atoms with E-state index in [-0.39, 0.29) is 12.4 Å². The van der Waals surface area contributed by atoms with Crippen LogP contribution in [0.4, 0.5) is 4.39 Å². The Morgan fingerprint density at radius 2 is 1.95 bits per heavy atom. The number of nitrogens with zero attached hydrogens (tertiary/aromatic N) is 3. The number of aromatic nitrogens is 3. The molecule has 0 aliphatic heterocycles. The molecule has 0 N–H and O–H groups in total. The Bertz CT molecular complexity index is 697. The van der Waals surface area contributed by atoms with Gasteiger partial charge in [-0.15, -0.1) is 0 Å². The van der Waals surface area contributed by atoms with E-state index >= 15 is 0 Å². The highest BCUT2D eigenvalue weighted by Crippen LogP contribution is 2.15. The maximum Gasteiger partial charge on any atom is 0.255 e. The summed E-state index contributed by atoms with van der Waals surface area (Å²) in [5.74, 6) is -0.470. The predicted molar refractivity (Wildman–Crippen MR) is 72.1 cm³/mol. The third kappa shape index (κ3) is 2.66. The van der Waals surface area contributed by atoms with Crippen LogP contribution in [0, 0.1) is 5.95 Å². The van der Waals surface area contributed by atoms with Crippen molar-refractivity contribution in [1.82, 2.24) is 14.8 Å². The average molecular weight is 269 g/mol. The highest BCUT2D eigenvalue weighted by Gasteiger charge is 2.05. The molecule has 0 radical (unpaired) electrons. The molecule has 20 heavy (non-hydrogen) atoms. The summed E-state index contributed by atoms with van der Waals surface area (Å²) >= 11 is 0. The van der Waals surface area contributed by atoms with Crippen LogP contribution >= 0.6 is 0 Å². The number of hydrogen-bond donors (Lipinski definition) is 0. The second kappa shape index (κ2) is 5.52. The van der Waals surface area contributed by atoms with Gasteiger partial charge in [0.05, 0.1) is 11.9 Å². The maximum absolute atomic E-state index is 13.3. The normalized spacial score (nSPS) is 10.4. The van der Waals surface area contributed by atoms with Crippen molar-refractivity contribution in [3.8, 4) is 11.4 Å². The number of para-hydroxylation sites is 1. The smallest absolute Gasteiger partial charge is 0.255 e. The first-order valence-corrected chi connectivity index (χ1v) is 6.15. The zero-order valence-corrected chi connectivity index (χ0v) is 10.6. The molecule has 0 saturated heterocycles. The van der Waals surface area contributed by atoms with Gasteiger partial charge in [0, 0.05) is 18.0 Å². The topological polar surface area (TPSA) is 39.9 Å². The van der Waals surface area contributed by atoms with E-state index in [2.05, 4.69) is 10.1 Å². The molecule has 0 spiro atoms. The minimum absolute atomic E-state index is 0.139. The third-order valence-corrected chi connectivity index (χ3v) is 2.78. The van der Waals surface area contributed by atoms with Crippen molar-refractivity contribution in [2.24, 2.45) is 0 Å². The minimum Gasteiger partial charge on any atom is -0.484 e. The number of pyridine rings is 1. The summed E-state index contributed by atoms with van der Waals surface area (Å²) in [7, 11) is 0. The summed E-state index contributed by atoms with van der Waals surface area (Å²) < 4.78 is 20.4. The molecular weight excluding hydrogens is 257 g/mol. The summed E-state index contributed by atoms with van der Waals surface area (Å²) in [6.45, 7) is 0.245. The molecule has 3 rings (SSSR count). The number of hydrogen-bond acceptors (Lipinski definition) is 3. The molecule has 3 aromatic rings. The summed E-state index contributed by atoms with van der Waals surface area (Å²) in [5.41, 5.74) is 1.82. The lowest BCUT2D eigenvalue weighted by Gasteiger charge is -2.04. The predicted octanol–water partition coefficient (Wildman–Crippen LogP) is 2.99. The first-order chi connectivity index (χ1) is 9.83. The molecule has 0 atom stereocenters. The van der Waals surface area contributed by atoms with E-state index in [1.807, 2.05) is 36.5 Å². The lowest BCUT2D eigenvalue weighted by atomic mass is 10.3. The van der Waals surface area contributed by atoms with Gasteiger partial charge in [-0.2, -0.15) is 9.49 Å². The van der Waals surface area contributed by atoms with Crippen LogP contribution in [-0.4, -0.2) is 14.8 Å². The van der Waals surface area contributed by atoms with Crippen molar-refractivity contribution in [3.63, 3.8) is 0 Å². The lowest BCUT2D eigenvalue weighted by Crippen LogP contribution is -1.98. The molecule has 4 nitrogen and oxygen atoms in total. The Hall–Kier alpha value is -2.69. The maximum atomic E-state index is 13.3. The van der Waals surface area contributed by atoms with E-state index < -0.39 is 5.95 Å². The van der Waals surface area contributed by atoms with Crippen molar-refractivity contribution in [3.05, 3.63) is 72.6 Å². The zero-order chi connectivity index (χ0) is 13.8. The van der Waals surface area contributed by atoms with Crippen molar-refractivity contribution in [2.45, 2.75) is 6.61 Å². The monoisotopic (exact) mass is 269 g/mol. The van der Waals surface area contributed by atoms with Gasteiger partial charge in [0.15, 0.2) is 5.75 Å². The van der Waals surface area contributed by atoms with Crippen LogP contribution in [0.25, 0.3) is 5.69 Å². The quantitative estimate of drug-likeness (QED) is 0.684. The van der Waals surface area contributed by atoms with Crippen LogP contribution in [-0.2, 0) is 6.61 Å². The van der Waals surface area contributed by atoms with E-state index in [1.54, 1.807) is 23.0 Å². The second-order valence-corrected chi connectivity index (χ2v) is 4.21. The van der Waals surface area contributed by atoms with Gasteiger partial charge in [-0.25, -0.2) is 9.67 Å². The van der Waals surface area contributed by atoms with Crippen LogP contribution in [0.1, 0.15) is 5.56 Å². The van der Waals surface area contributed by atoms with Crippen molar-refractivity contribution < 1.29 is 9.13 Å². The van der Waals surface area contributed by atoms with Gasteiger partial charge in [-0.3, -0.25) is 0 Å².